The second-order valence-electron chi connectivity index (χ2n) is 6.52. The normalized spacial score (nSPS) is 10.9. The van der Waals surface area contributed by atoms with E-state index in [9.17, 15) is 19.2 Å². The summed E-state index contributed by atoms with van der Waals surface area (Å²) < 4.78 is 6.27. The third-order valence-electron chi connectivity index (χ3n) is 4.33. The van der Waals surface area contributed by atoms with Gasteiger partial charge in [0, 0.05) is 37.9 Å². The number of carbonyl (C=O) groups excluding carboxylic acids is 2. The van der Waals surface area contributed by atoms with Gasteiger partial charge in [0.2, 0.25) is 5.91 Å². The second-order valence-corrected chi connectivity index (χ2v) is 7.80. The Bertz CT molecular complexity index is 991. The maximum atomic E-state index is 12.9. The Morgan fingerprint density at radius 3 is 2.59 bits per heavy atom. The number of H-pyrrole nitrogens is 1. The van der Waals surface area contributed by atoms with Gasteiger partial charge in [-0.1, -0.05) is 6.92 Å². The molecule has 0 spiro atoms. The van der Waals surface area contributed by atoms with E-state index in [4.69, 9.17) is 10.5 Å². The molecule has 0 bridgehead atoms. The van der Waals surface area contributed by atoms with Gasteiger partial charge in [-0.15, -0.1) is 11.3 Å². The molecule has 0 aliphatic heterocycles. The number of thiophene rings is 1. The van der Waals surface area contributed by atoms with Gasteiger partial charge in [0.25, 0.3) is 5.56 Å². The predicted molar refractivity (Wildman–Crippen MR) is 113 cm³/mol. The van der Waals surface area contributed by atoms with E-state index < -0.39 is 17.2 Å². The van der Waals surface area contributed by atoms with Crippen molar-refractivity contribution in [3.8, 4) is 0 Å². The molecule has 0 atom stereocenters. The first-order chi connectivity index (χ1) is 13.8. The number of nitrogen functional groups attached to an aromatic ring is 1. The Hall–Kier alpha value is -2.72. The van der Waals surface area contributed by atoms with Gasteiger partial charge >= 0.3 is 5.69 Å². The van der Waals surface area contributed by atoms with E-state index in [0.717, 1.165) is 4.88 Å². The number of nitrogens with zero attached hydrogens (tertiary/aromatic N) is 2. The first-order valence-electron chi connectivity index (χ1n) is 9.31. The highest BCUT2D eigenvalue weighted by Gasteiger charge is 2.24. The summed E-state index contributed by atoms with van der Waals surface area (Å²) in [7, 11) is 1.47. The third kappa shape index (κ3) is 5.42. The molecule has 2 aromatic rings. The van der Waals surface area contributed by atoms with Crippen LogP contribution in [0.2, 0.25) is 0 Å². The van der Waals surface area contributed by atoms with Crippen molar-refractivity contribution in [1.29, 1.82) is 0 Å². The molecule has 158 valence electrons. The maximum absolute atomic E-state index is 12.9. The van der Waals surface area contributed by atoms with Gasteiger partial charge in [0.15, 0.2) is 11.5 Å². The van der Waals surface area contributed by atoms with Gasteiger partial charge in [0.05, 0.1) is 11.5 Å². The van der Waals surface area contributed by atoms with Crippen molar-refractivity contribution < 1.29 is 14.3 Å². The molecule has 1 amide bonds. The standard InChI is InChI=1S/C19H26N4O5S/c1-4-9-23-17(20)16(18(26)21-19(23)27)22(10-11-28-3)15(25)8-6-13(24)14-7-5-12(2)29-14/h5,7H,4,6,8-11,20H2,1-3H3,(H,21,26,27). The first kappa shape index (κ1) is 22.6. The molecule has 0 radical (unpaired) electrons. The van der Waals surface area contributed by atoms with Crippen molar-refractivity contribution >= 4 is 34.5 Å². The summed E-state index contributed by atoms with van der Waals surface area (Å²) in [4.78, 5) is 54.7. The number of rotatable bonds is 10. The molecule has 2 rings (SSSR count). The van der Waals surface area contributed by atoms with Crippen LogP contribution in [0.4, 0.5) is 11.5 Å². The van der Waals surface area contributed by atoms with Crippen LogP contribution in [0.25, 0.3) is 0 Å². The van der Waals surface area contributed by atoms with E-state index in [0.29, 0.717) is 17.8 Å². The van der Waals surface area contributed by atoms with Crippen molar-refractivity contribution in [2.24, 2.45) is 0 Å². The molecular formula is C19H26N4O5S. The lowest BCUT2D eigenvalue weighted by atomic mass is 10.1. The Balaban J connectivity index is 2.30. The lowest BCUT2D eigenvalue weighted by molar-refractivity contribution is -0.118. The number of amides is 1. The van der Waals surface area contributed by atoms with E-state index in [-0.39, 0.29) is 43.3 Å². The van der Waals surface area contributed by atoms with E-state index in [1.165, 1.54) is 27.9 Å². The monoisotopic (exact) mass is 422 g/mol. The van der Waals surface area contributed by atoms with Gasteiger partial charge in [-0.3, -0.25) is 23.9 Å². The molecule has 2 aromatic heterocycles. The minimum absolute atomic E-state index is 0.00861. The number of hydrogen-bond acceptors (Lipinski definition) is 7. The highest BCUT2D eigenvalue weighted by molar-refractivity contribution is 7.14. The number of carbonyl (C=O) groups is 2. The first-order valence-corrected chi connectivity index (χ1v) is 10.1. The molecular weight excluding hydrogens is 396 g/mol. The minimum Gasteiger partial charge on any atom is -0.383 e. The van der Waals surface area contributed by atoms with Crippen LogP contribution >= 0.6 is 11.3 Å². The Labute approximate surface area is 172 Å². The van der Waals surface area contributed by atoms with E-state index in [1.807, 2.05) is 19.9 Å². The fourth-order valence-electron chi connectivity index (χ4n) is 2.89. The van der Waals surface area contributed by atoms with E-state index in [1.54, 1.807) is 6.07 Å². The number of methoxy groups -OCH3 is 1. The third-order valence-corrected chi connectivity index (χ3v) is 5.37. The molecule has 0 aliphatic carbocycles. The van der Waals surface area contributed by atoms with Crippen molar-refractivity contribution in [1.82, 2.24) is 9.55 Å². The smallest absolute Gasteiger partial charge is 0.330 e. The minimum atomic E-state index is -0.746. The molecule has 0 aromatic carbocycles. The zero-order valence-corrected chi connectivity index (χ0v) is 17.6. The quantitative estimate of drug-likeness (QED) is 0.559. The average molecular weight is 423 g/mol. The molecule has 0 unspecified atom stereocenters. The van der Waals surface area contributed by atoms with Crippen LogP contribution in [0, 0.1) is 6.92 Å². The molecule has 9 nitrogen and oxygen atoms in total. The van der Waals surface area contributed by atoms with E-state index >= 15 is 0 Å². The molecule has 3 N–H and O–H groups in total. The fraction of sp³-hybridized carbons (Fsp3) is 0.474. The fourth-order valence-corrected chi connectivity index (χ4v) is 3.73. The number of aryl methyl sites for hydroxylation is 1. The summed E-state index contributed by atoms with van der Waals surface area (Å²) in [6.45, 7) is 4.30. The Morgan fingerprint density at radius 1 is 1.28 bits per heavy atom. The van der Waals surface area contributed by atoms with Gasteiger partial charge < -0.3 is 15.4 Å². The number of aromatic amines is 1. The highest BCUT2D eigenvalue weighted by Crippen LogP contribution is 2.20. The molecule has 0 saturated carbocycles. The number of nitrogens with one attached hydrogen (secondary N) is 1. The zero-order chi connectivity index (χ0) is 21.6. The summed E-state index contributed by atoms with van der Waals surface area (Å²) in [5, 5.41) is 0. The molecule has 10 heteroatoms. The largest absolute Gasteiger partial charge is 0.383 e. The molecule has 0 saturated heterocycles. The van der Waals surface area contributed by atoms with Crippen LogP contribution < -0.4 is 21.9 Å². The number of ketones is 1. The highest BCUT2D eigenvalue weighted by atomic mass is 32.1. The zero-order valence-electron chi connectivity index (χ0n) is 16.8. The van der Waals surface area contributed by atoms with Crippen molar-refractivity contribution in [2.75, 3.05) is 30.9 Å². The number of nitrogens with two attached hydrogens (primary N) is 1. The average Bonchev–Trinajstić information content (AvgIpc) is 3.11. The van der Waals surface area contributed by atoms with Crippen molar-refractivity contribution in [3.63, 3.8) is 0 Å². The molecule has 0 fully saturated rings. The maximum Gasteiger partial charge on any atom is 0.330 e. The molecule has 29 heavy (non-hydrogen) atoms. The topological polar surface area (TPSA) is 127 Å². The summed E-state index contributed by atoms with van der Waals surface area (Å²) in [5.74, 6) is -0.659. The van der Waals surface area contributed by atoms with Crippen LogP contribution in [-0.2, 0) is 16.1 Å². The lowest BCUT2D eigenvalue weighted by Crippen LogP contribution is -2.42. The van der Waals surface area contributed by atoms with Crippen molar-refractivity contribution in [2.45, 2.75) is 39.7 Å². The van der Waals surface area contributed by atoms with E-state index in [2.05, 4.69) is 4.98 Å². The van der Waals surface area contributed by atoms with Gasteiger partial charge in [0.1, 0.15) is 5.82 Å². The van der Waals surface area contributed by atoms with Gasteiger partial charge in [-0.05, 0) is 25.5 Å². The summed E-state index contributed by atoms with van der Waals surface area (Å²) in [6.07, 6.45) is 0.538. The van der Waals surface area contributed by atoms with Crippen LogP contribution in [0.15, 0.2) is 21.7 Å². The van der Waals surface area contributed by atoms with Gasteiger partial charge in [-0.25, -0.2) is 4.79 Å². The second kappa shape index (κ2) is 10.2. The number of hydrogen-bond donors (Lipinski definition) is 2. The van der Waals surface area contributed by atoms with Crippen LogP contribution in [0.1, 0.15) is 40.7 Å². The van der Waals surface area contributed by atoms with Crippen LogP contribution in [0.3, 0.4) is 0 Å². The SMILES string of the molecule is CCCn1c(N)c(N(CCOC)C(=O)CCC(=O)c2ccc(C)s2)c(=O)[nH]c1=O. The van der Waals surface area contributed by atoms with Crippen molar-refractivity contribution in [3.05, 3.63) is 42.7 Å². The Morgan fingerprint density at radius 2 is 2.00 bits per heavy atom. The Kier molecular flexibility index (Phi) is 7.91. The summed E-state index contributed by atoms with van der Waals surface area (Å²) in [6, 6.07) is 3.58. The predicted octanol–water partition coefficient (Wildman–Crippen LogP) is 1.54. The lowest BCUT2D eigenvalue weighted by Gasteiger charge is -2.24. The van der Waals surface area contributed by atoms with Crippen LogP contribution in [-0.4, -0.2) is 41.5 Å². The van der Waals surface area contributed by atoms with Crippen LogP contribution in [0.5, 0.6) is 0 Å². The summed E-state index contributed by atoms with van der Waals surface area (Å²) in [5.41, 5.74) is 4.61. The number of Topliss-reactive ketones (excluding diaryl/α,β-unsaturated/α-hetero) is 1. The molecule has 2 heterocycles. The number of ether oxygens (including phenoxy) is 1. The molecule has 0 aliphatic rings. The number of aromatic nitrogens is 2. The van der Waals surface area contributed by atoms with Gasteiger partial charge in [-0.2, -0.15) is 0 Å². The summed E-state index contributed by atoms with van der Waals surface area (Å²) >= 11 is 1.37. The number of anilines is 2.